The van der Waals surface area contributed by atoms with Crippen LogP contribution in [0, 0.1) is 0 Å². The summed E-state index contributed by atoms with van der Waals surface area (Å²) in [4.78, 5) is 27.2. The number of esters is 1. The van der Waals surface area contributed by atoms with Crippen LogP contribution in [-0.2, 0) is 11.3 Å². The van der Waals surface area contributed by atoms with Gasteiger partial charge in [0.15, 0.2) is 0 Å². The van der Waals surface area contributed by atoms with E-state index in [4.69, 9.17) is 4.74 Å². The van der Waals surface area contributed by atoms with Crippen LogP contribution in [0.4, 0.5) is 0 Å². The third-order valence-electron chi connectivity index (χ3n) is 4.72. The molecule has 5 nitrogen and oxygen atoms in total. The van der Waals surface area contributed by atoms with Gasteiger partial charge in [0, 0.05) is 29.9 Å². The number of rotatable bonds is 5. The quantitative estimate of drug-likeness (QED) is 0.387. The summed E-state index contributed by atoms with van der Waals surface area (Å²) in [6, 6.07) is 18.9. The van der Waals surface area contributed by atoms with Crippen molar-refractivity contribution in [2.24, 2.45) is 0 Å². The molecule has 4 aromatic rings. The van der Waals surface area contributed by atoms with Gasteiger partial charge in [-0.05, 0) is 47.0 Å². The van der Waals surface area contributed by atoms with Crippen LogP contribution in [0.15, 0.2) is 73.1 Å². The summed E-state index contributed by atoms with van der Waals surface area (Å²) in [5.74, 6) is -0.346. The fourth-order valence-electron chi connectivity index (χ4n) is 3.31. The van der Waals surface area contributed by atoms with E-state index in [1.165, 1.54) is 7.11 Å². The predicted molar refractivity (Wildman–Crippen MR) is 107 cm³/mol. The minimum absolute atomic E-state index is 0.346. The van der Waals surface area contributed by atoms with Crippen LogP contribution >= 0.6 is 0 Å². The van der Waals surface area contributed by atoms with Crippen molar-refractivity contribution in [1.29, 1.82) is 0 Å². The zero-order valence-corrected chi connectivity index (χ0v) is 15.3. The van der Waals surface area contributed by atoms with Gasteiger partial charge < -0.3 is 9.30 Å². The maximum Gasteiger partial charge on any atom is 0.337 e. The van der Waals surface area contributed by atoms with Gasteiger partial charge in [-0.1, -0.05) is 30.3 Å². The van der Waals surface area contributed by atoms with Crippen LogP contribution in [0.25, 0.3) is 22.2 Å². The first-order valence-electron chi connectivity index (χ1n) is 8.86. The Kier molecular flexibility index (Phi) is 4.72. The summed E-state index contributed by atoms with van der Waals surface area (Å²) < 4.78 is 6.80. The van der Waals surface area contributed by atoms with Gasteiger partial charge in [-0.3, -0.25) is 4.79 Å². The van der Waals surface area contributed by atoms with Crippen molar-refractivity contribution < 1.29 is 14.3 Å². The molecule has 2 aromatic heterocycles. The Balaban J connectivity index is 1.68. The molecule has 28 heavy (non-hydrogen) atoms. The Morgan fingerprint density at radius 2 is 1.93 bits per heavy atom. The lowest BCUT2D eigenvalue weighted by molar-refractivity contribution is 0.0600. The van der Waals surface area contributed by atoms with Crippen molar-refractivity contribution in [3.05, 3.63) is 89.7 Å². The van der Waals surface area contributed by atoms with Gasteiger partial charge in [-0.25, -0.2) is 9.78 Å². The molecule has 0 aliphatic rings. The molecule has 0 saturated heterocycles. The number of fused-ring (bicyclic) bond motifs is 1. The summed E-state index contributed by atoms with van der Waals surface area (Å²) in [6.07, 6.45) is 4.63. The highest BCUT2D eigenvalue weighted by atomic mass is 16.5. The fraction of sp³-hybridized carbons (Fsp3) is 0.0870. The smallest absolute Gasteiger partial charge is 0.337 e. The molecule has 0 bridgehead atoms. The third kappa shape index (κ3) is 3.30. The summed E-state index contributed by atoms with van der Waals surface area (Å²) >= 11 is 0. The molecule has 0 aliphatic carbocycles. The monoisotopic (exact) mass is 370 g/mol. The normalized spacial score (nSPS) is 10.8. The average Bonchev–Trinajstić information content (AvgIpc) is 3.16. The summed E-state index contributed by atoms with van der Waals surface area (Å²) in [6.45, 7) is 0.635. The van der Waals surface area contributed by atoms with Crippen LogP contribution in [0.1, 0.15) is 26.3 Å². The largest absolute Gasteiger partial charge is 0.465 e. The number of carbonyl (C=O) groups excluding carboxylic acids is 2. The van der Waals surface area contributed by atoms with E-state index in [-0.39, 0.29) is 5.97 Å². The Labute approximate surface area is 162 Å². The van der Waals surface area contributed by atoms with E-state index in [2.05, 4.69) is 9.55 Å². The topological polar surface area (TPSA) is 61.2 Å². The summed E-state index contributed by atoms with van der Waals surface area (Å²) in [5.41, 5.74) is 5.11. The van der Waals surface area contributed by atoms with E-state index in [1.807, 2.05) is 48.7 Å². The van der Waals surface area contributed by atoms with E-state index in [9.17, 15) is 9.59 Å². The third-order valence-corrected chi connectivity index (χ3v) is 4.72. The van der Waals surface area contributed by atoms with Crippen LogP contribution in [0.3, 0.4) is 0 Å². The highest BCUT2D eigenvalue weighted by Gasteiger charge is 2.10. The van der Waals surface area contributed by atoms with Crippen LogP contribution in [0.2, 0.25) is 0 Å². The Morgan fingerprint density at radius 1 is 1.11 bits per heavy atom. The van der Waals surface area contributed by atoms with Gasteiger partial charge in [-0.2, -0.15) is 0 Å². The van der Waals surface area contributed by atoms with Gasteiger partial charge >= 0.3 is 5.97 Å². The second kappa shape index (κ2) is 7.48. The second-order valence-electron chi connectivity index (χ2n) is 6.47. The van der Waals surface area contributed by atoms with Gasteiger partial charge in [0.1, 0.15) is 11.9 Å². The van der Waals surface area contributed by atoms with E-state index in [1.54, 1.807) is 24.4 Å². The van der Waals surface area contributed by atoms with E-state index in [0.717, 1.165) is 34.0 Å². The molecular formula is C23H18N2O3. The zero-order chi connectivity index (χ0) is 19.5. The van der Waals surface area contributed by atoms with Crippen molar-refractivity contribution in [2.75, 3.05) is 7.11 Å². The molecule has 0 N–H and O–H groups in total. The van der Waals surface area contributed by atoms with Gasteiger partial charge in [0.2, 0.25) is 0 Å². The number of carbonyl (C=O) groups is 2. The molecule has 0 unspecified atom stereocenters. The van der Waals surface area contributed by atoms with Crippen LogP contribution in [-0.4, -0.2) is 28.9 Å². The van der Waals surface area contributed by atoms with Gasteiger partial charge in [0.05, 0.1) is 12.7 Å². The van der Waals surface area contributed by atoms with Crippen molar-refractivity contribution >= 4 is 23.3 Å². The van der Waals surface area contributed by atoms with E-state index >= 15 is 0 Å². The fourth-order valence-corrected chi connectivity index (χ4v) is 3.31. The number of aromatic nitrogens is 2. The second-order valence-corrected chi connectivity index (χ2v) is 6.47. The standard InChI is InChI=1S/C23H18N2O3/c1-28-23(27)18-7-5-16(6-8-18)14-25-12-10-21-20(9-11-24-22(21)25)19-4-2-3-17(13-19)15-26/h2-13,15H,14H2,1H3. The van der Waals surface area contributed by atoms with Crippen molar-refractivity contribution in [1.82, 2.24) is 9.55 Å². The number of methoxy groups -OCH3 is 1. The first-order valence-corrected chi connectivity index (χ1v) is 8.86. The average molecular weight is 370 g/mol. The summed E-state index contributed by atoms with van der Waals surface area (Å²) in [5, 5.41) is 1.02. The van der Waals surface area contributed by atoms with Crippen molar-refractivity contribution in [2.45, 2.75) is 6.54 Å². The molecule has 0 saturated carbocycles. The SMILES string of the molecule is COC(=O)c1ccc(Cn2ccc3c(-c4cccc(C=O)c4)ccnc32)cc1. The predicted octanol–water partition coefficient (Wildman–Crippen LogP) is 4.35. The first kappa shape index (κ1) is 17.7. The Morgan fingerprint density at radius 3 is 2.68 bits per heavy atom. The molecule has 0 atom stereocenters. The molecule has 5 heteroatoms. The zero-order valence-electron chi connectivity index (χ0n) is 15.3. The van der Waals surface area contributed by atoms with Crippen LogP contribution < -0.4 is 0 Å². The van der Waals surface area contributed by atoms with E-state index < -0.39 is 0 Å². The lowest BCUT2D eigenvalue weighted by atomic mass is 10.0. The number of ether oxygens (including phenoxy) is 1. The number of aldehydes is 1. The highest BCUT2D eigenvalue weighted by molar-refractivity contribution is 5.94. The molecular weight excluding hydrogens is 352 g/mol. The molecule has 2 aromatic carbocycles. The minimum atomic E-state index is -0.346. The lowest BCUT2D eigenvalue weighted by Gasteiger charge is -2.08. The molecule has 2 heterocycles. The van der Waals surface area contributed by atoms with Gasteiger partial charge in [-0.15, -0.1) is 0 Å². The molecule has 0 amide bonds. The highest BCUT2D eigenvalue weighted by Crippen LogP contribution is 2.29. The molecule has 138 valence electrons. The first-order chi connectivity index (χ1) is 13.7. The van der Waals surface area contributed by atoms with E-state index in [0.29, 0.717) is 17.7 Å². The molecule has 0 aliphatic heterocycles. The number of pyridine rings is 1. The van der Waals surface area contributed by atoms with Crippen molar-refractivity contribution in [3.8, 4) is 11.1 Å². The molecule has 0 radical (unpaired) electrons. The summed E-state index contributed by atoms with van der Waals surface area (Å²) in [7, 11) is 1.37. The Bertz CT molecular complexity index is 1160. The number of hydrogen-bond donors (Lipinski definition) is 0. The number of nitrogens with zero attached hydrogens (tertiary/aromatic N) is 2. The lowest BCUT2D eigenvalue weighted by Crippen LogP contribution is -2.03. The number of benzene rings is 2. The minimum Gasteiger partial charge on any atom is -0.465 e. The molecule has 0 fully saturated rings. The number of hydrogen-bond acceptors (Lipinski definition) is 4. The van der Waals surface area contributed by atoms with Crippen LogP contribution in [0.5, 0.6) is 0 Å². The molecule has 4 rings (SSSR count). The van der Waals surface area contributed by atoms with Crippen molar-refractivity contribution in [3.63, 3.8) is 0 Å². The maximum atomic E-state index is 11.6. The Hall–Kier alpha value is -3.73. The maximum absolute atomic E-state index is 11.6. The molecule has 0 spiro atoms. The van der Waals surface area contributed by atoms with Gasteiger partial charge in [0.25, 0.3) is 0 Å².